The number of aromatic nitrogens is 1. The van der Waals surface area contributed by atoms with Gasteiger partial charge in [-0.15, -0.1) is 0 Å². The van der Waals surface area contributed by atoms with Crippen molar-refractivity contribution in [1.82, 2.24) is 9.88 Å². The largest absolute Gasteiger partial charge is 0.497 e. The number of likely N-dealkylation sites (tertiary alicyclic amines) is 1. The van der Waals surface area contributed by atoms with Crippen LogP contribution in [-0.2, 0) is 13.0 Å². The number of hydrogen-bond donors (Lipinski definition) is 1. The van der Waals surface area contributed by atoms with Crippen molar-refractivity contribution in [2.75, 3.05) is 26.7 Å². The molecule has 2 aliphatic rings. The summed E-state index contributed by atoms with van der Waals surface area (Å²) in [5.74, 6) is 1.67. The van der Waals surface area contributed by atoms with Gasteiger partial charge in [-0.05, 0) is 54.7 Å². The zero-order valence-electron chi connectivity index (χ0n) is 19.7. The van der Waals surface area contributed by atoms with Crippen LogP contribution in [0.1, 0.15) is 41.6 Å². The summed E-state index contributed by atoms with van der Waals surface area (Å²) in [7, 11) is 1.69. The first-order valence-electron chi connectivity index (χ1n) is 12.1. The molecule has 0 aliphatic carbocycles. The van der Waals surface area contributed by atoms with Crippen LogP contribution in [0.4, 0.5) is 0 Å². The fourth-order valence-electron chi connectivity index (χ4n) is 5.02. The molecule has 0 bridgehead atoms. The first kappa shape index (κ1) is 22.6. The van der Waals surface area contributed by atoms with Gasteiger partial charge in [0.2, 0.25) is 0 Å². The molecule has 5 nitrogen and oxygen atoms in total. The Balaban J connectivity index is 1.28. The molecule has 176 valence electrons. The quantitative estimate of drug-likeness (QED) is 0.573. The van der Waals surface area contributed by atoms with Crippen LogP contribution in [0.15, 0.2) is 72.9 Å². The SMILES string of the molecule is COc1ccc2c(c1)/C(=C/CCN1CCC(O)(Cc3ccccc3)CC1)c1cccnc1CO2. The van der Waals surface area contributed by atoms with Gasteiger partial charge in [0.1, 0.15) is 18.1 Å². The van der Waals surface area contributed by atoms with E-state index in [1.54, 1.807) is 7.11 Å². The molecule has 2 aromatic carbocycles. The molecule has 1 saturated heterocycles. The predicted octanol–water partition coefficient (Wildman–Crippen LogP) is 4.87. The molecule has 2 aliphatic heterocycles. The van der Waals surface area contributed by atoms with Crippen LogP contribution in [0.5, 0.6) is 11.5 Å². The van der Waals surface area contributed by atoms with E-state index in [1.165, 1.54) is 5.56 Å². The maximum atomic E-state index is 11.1. The maximum absolute atomic E-state index is 11.1. The van der Waals surface area contributed by atoms with Crippen LogP contribution in [0, 0.1) is 0 Å². The van der Waals surface area contributed by atoms with Gasteiger partial charge in [-0.3, -0.25) is 4.98 Å². The van der Waals surface area contributed by atoms with Gasteiger partial charge in [-0.25, -0.2) is 0 Å². The fraction of sp³-hybridized carbons (Fsp3) is 0.345. The molecule has 0 unspecified atom stereocenters. The number of hydrogen-bond acceptors (Lipinski definition) is 5. The minimum absolute atomic E-state index is 0.457. The van der Waals surface area contributed by atoms with Crippen LogP contribution in [0.2, 0.25) is 0 Å². The van der Waals surface area contributed by atoms with E-state index in [0.717, 1.165) is 79.2 Å². The lowest BCUT2D eigenvalue weighted by Crippen LogP contribution is -2.45. The summed E-state index contributed by atoms with van der Waals surface area (Å²) in [4.78, 5) is 7.03. The smallest absolute Gasteiger partial charge is 0.131 e. The predicted molar refractivity (Wildman–Crippen MR) is 134 cm³/mol. The Morgan fingerprint density at radius 1 is 1.06 bits per heavy atom. The number of methoxy groups -OCH3 is 1. The Labute approximate surface area is 201 Å². The molecule has 1 N–H and O–H groups in total. The van der Waals surface area contributed by atoms with Gasteiger partial charge < -0.3 is 19.5 Å². The van der Waals surface area contributed by atoms with Gasteiger partial charge in [-0.2, -0.15) is 0 Å². The highest BCUT2D eigenvalue weighted by Gasteiger charge is 2.32. The van der Waals surface area contributed by atoms with Crippen LogP contribution in [0.25, 0.3) is 5.57 Å². The van der Waals surface area contributed by atoms with Crippen molar-refractivity contribution >= 4 is 5.57 Å². The average molecular weight is 457 g/mol. The Bertz CT molecular complexity index is 1150. The molecule has 1 aromatic heterocycles. The summed E-state index contributed by atoms with van der Waals surface area (Å²) in [6.45, 7) is 3.25. The van der Waals surface area contributed by atoms with Crippen molar-refractivity contribution in [3.63, 3.8) is 0 Å². The number of pyridine rings is 1. The van der Waals surface area contributed by atoms with E-state index in [2.05, 4.69) is 34.2 Å². The molecule has 0 atom stereocenters. The lowest BCUT2D eigenvalue weighted by Gasteiger charge is -2.38. The van der Waals surface area contributed by atoms with Crippen molar-refractivity contribution in [3.8, 4) is 11.5 Å². The Morgan fingerprint density at radius 2 is 1.88 bits per heavy atom. The van der Waals surface area contributed by atoms with Crippen molar-refractivity contribution in [3.05, 3.63) is 95.3 Å². The van der Waals surface area contributed by atoms with E-state index in [-0.39, 0.29) is 0 Å². The summed E-state index contributed by atoms with van der Waals surface area (Å²) in [5.41, 5.74) is 4.86. The van der Waals surface area contributed by atoms with E-state index in [1.807, 2.05) is 48.7 Å². The van der Waals surface area contributed by atoms with Gasteiger partial charge in [0.05, 0.1) is 18.4 Å². The van der Waals surface area contributed by atoms with Gasteiger partial charge in [0, 0.05) is 43.4 Å². The topological polar surface area (TPSA) is 54.8 Å². The molecule has 3 aromatic rings. The van der Waals surface area contributed by atoms with Crippen molar-refractivity contribution in [1.29, 1.82) is 0 Å². The first-order valence-corrected chi connectivity index (χ1v) is 12.1. The summed E-state index contributed by atoms with van der Waals surface area (Å²) >= 11 is 0. The monoisotopic (exact) mass is 456 g/mol. The second-order valence-corrected chi connectivity index (χ2v) is 9.28. The van der Waals surface area contributed by atoms with Crippen LogP contribution >= 0.6 is 0 Å². The van der Waals surface area contributed by atoms with Crippen molar-refractivity contribution in [2.24, 2.45) is 0 Å². The standard InChI is InChI=1S/C29H32N2O3/c1-33-23-11-12-28-26(19-23)24(25-9-5-15-30-27(25)21-34-28)10-6-16-31-17-13-29(32,14-18-31)20-22-7-3-2-4-8-22/h2-5,7-12,15,19,32H,6,13-14,16-18,20-21H2,1H3/b24-10+. The van der Waals surface area contributed by atoms with Crippen molar-refractivity contribution in [2.45, 2.75) is 37.9 Å². The molecule has 3 heterocycles. The lowest BCUT2D eigenvalue weighted by molar-refractivity contribution is -0.0201. The van der Waals surface area contributed by atoms with Crippen LogP contribution in [0.3, 0.4) is 0 Å². The van der Waals surface area contributed by atoms with E-state index in [4.69, 9.17) is 9.47 Å². The summed E-state index contributed by atoms with van der Waals surface area (Å²) in [6, 6.07) is 20.4. The number of ether oxygens (including phenoxy) is 2. The third-order valence-corrected chi connectivity index (χ3v) is 6.98. The van der Waals surface area contributed by atoms with E-state index >= 15 is 0 Å². The number of nitrogens with zero attached hydrogens (tertiary/aromatic N) is 2. The highest BCUT2D eigenvalue weighted by atomic mass is 16.5. The van der Waals surface area contributed by atoms with E-state index in [9.17, 15) is 5.11 Å². The van der Waals surface area contributed by atoms with E-state index < -0.39 is 5.60 Å². The zero-order chi connectivity index (χ0) is 23.4. The van der Waals surface area contributed by atoms with Crippen molar-refractivity contribution < 1.29 is 14.6 Å². The second kappa shape index (κ2) is 10.00. The van der Waals surface area contributed by atoms with Crippen LogP contribution < -0.4 is 9.47 Å². The molecule has 5 rings (SSSR count). The summed E-state index contributed by atoms with van der Waals surface area (Å²) in [5, 5.41) is 11.1. The number of fused-ring (bicyclic) bond motifs is 2. The molecule has 1 fully saturated rings. The molecule has 0 amide bonds. The van der Waals surface area contributed by atoms with Crippen LogP contribution in [-0.4, -0.2) is 47.3 Å². The summed E-state index contributed by atoms with van der Waals surface area (Å²) < 4.78 is 11.6. The minimum Gasteiger partial charge on any atom is -0.497 e. The number of rotatable bonds is 6. The Morgan fingerprint density at radius 3 is 2.68 bits per heavy atom. The maximum Gasteiger partial charge on any atom is 0.131 e. The van der Waals surface area contributed by atoms with Gasteiger partial charge in [0.25, 0.3) is 0 Å². The second-order valence-electron chi connectivity index (χ2n) is 9.28. The minimum atomic E-state index is -0.602. The van der Waals surface area contributed by atoms with Gasteiger partial charge in [-0.1, -0.05) is 42.5 Å². The highest BCUT2D eigenvalue weighted by Crippen LogP contribution is 2.38. The number of piperidine rings is 1. The first-order chi connectivity index (χ1) is 16.6. The Hall–Kier alpha value is -3.15. The molecule has 34 heavy (non-hydrogen) atoms. The third kappa shape index (κ3) is 5.01. The van der Waals surface area contributed by atoms with Gasteiger partial charge in [0.15, 0.2) is 0 Å². The fourth-order valence-corrected chi connectivity index (χ4v) is 5.02. The molecule has 0 radical (unpaired) electrons. The molecular weight excluding hydrogens is 424 g/mol. The normalized spacial score (nSPS) is 18.5. The Kier molecular flexibility index (Phi) is 6.66. The number of aliphatic hydroxyl groups is 1. The zero-order valence-corrected chi connectivity index (χ0v) is 19.7. The third-order valence-electron chi connectivity index (χ3n) is 6.98. The average Bonchev–Trinajstić information content (AvgIpc) is 3.02. The van der Waals surface area contributed by atoms with E-state index in [0.29, 0.717) is 6.61 Å². The van der Waals surface area contributed by atoms with Gasteiger partial charge >= 0.3 is 0 Å². The molecule has 5 heteroatoms. The molecule has 0 saturated carbocycles. The highest BCUT2D eigenvalue weighted by molar-refractivity contribution is 5.85. The molecule has 0 spiro atoms. The molecular formula is C29H32N2O3. The summed E-state index contributed by atoms with van der Waals surface area (Å²) in [6.07, 6.45) is 7.38. The lowest BCUT2D eigenvalue weighted by atomic mass is 9.85. The number of benzene rings is 2.